The zero-order valence-electron chi connectivity index (χ0n) is 14.3. The minimum Gasteiger partial charge on any atom is -0.480 e. The van der Waals surface area contributed by atoms with Gasteiger partial charge >= 0.3 is 6.18 Å². The van der Waals surface area contributed by atoms with Crippen LogP contribution in [0.5, 0.6) is 5.75 Å². The summed E-state index contributed by atoms with van der Waals surface area (Å²) < 4.78 is 43.5. The van der Waals surface area contributed by atoms with E-state index in [2.05, 4.69) is 5.32 Å². The number of amides is 1. The monoisotopic (exact) mass is 351 g/mol. The highest BCUT2D eigenvalue weighted by Gasteiger charge is 2.30. The summed E-state index contributed by atoms with van der Waals surface area (Å²) in [5, 5.41) is 2.59. The highest BCUT2D eigenvalue weighted by molar-refractivity contribution is 5.94. The molecule has 0 saturated heterocycles. The van der Waals surface area contributed by atoms with Gasteiger partial charge in [-0.2, -0.15) is 13.2 Å². The number of ether oxygens (including phenoxy) is 1. The van der Waals surface area contributed by atoms with Gasteiger partial charge in [0.2, 0.25) is 0 Å². The lowest BCUT2D eigenvalue weighted by Gasteiger charge is -2.19. The van der Waals surface area contributed by atoms with E-state index in [1.165, 1.54) is 12.1 Å². The van der Waals surface area contributed by atoms with Crippen LogP contribution in [0, 0.1) is 13.8 Å². The fourth-order valence-electron chi connectivity index (χ4n) is 2.28. The molecule has 0 fully saturated rings. The Kier molecular flexibility index (Phi) is 5.72. The number of benzene rings is 2. The molecule has 3 nitrogen and oxygen atoms in total. The second-order valence-electron chi connectivity index (χ2n) is 5.85. The smallest absolute Gasteiger partial charge is 0.416 e. The number of alkyl halides is 3. The molecule has 0 radical (unpaired) electrons. The van der Waals surface area contributed by atoms with Gasteiger partial charge < -0.3 is 10.1 Å². The molecule has 25 heavy (non-hydrogen) atoms. The third-order valence-corrected chi connectivity index (χ3v) is 3.76. The Labute approximate surface area is 144 Å². The lowest BCUT2D eigenvalue weighted by Crippen LogP contribution is -2.32. The van der Waals surface area contributed by atoms with Crippen LogP contribution in [-0.2, 0) is 11.0 Å². The first-order valence-corrected chi connectivity index (χ1v) is 7.92. The molecule has 0 aromatic heterocycles. The Bertz CT molecular complexity index is 739. The fourth-order valence-corrected chi connectivity index (χ4v) is 2.28. The molecule has 1 N–H and O–H groups in total. The van der Waals surface area contributed by atoms with Crippen molar-refractivity contribution >= 4 is 11.6 Å². The molecular formula is C19H20F3NO2. The van der Waals surface area contributed by atoms with Crippen LogP contribution in [0.4, 0.5) is 18.9 Å². The van der Waals surface area contributed by atoms with Crippen molar-refractivity contribution in [2.24, 2.45) is 0 Å². The van der Waals surface area contributed by atoms with E-state index in [1.807, 2.05) is 39.0 Å². The molecule has 2 aromatic carbocycles. The molecule has 2 aromatic rings. The van der Waals surface area contributed by atoms with Crippen LogP contribution in [0.25, 0.3) is 0 Å². The summed E-state index contributed by atoms with van der Waals surface area (Å²) in [7, 11) is 0. The van der Waals surface area contributed by atoms with E-state index in [0.29, 0.717) is 17.9 Å². The van der Waals surface area contributed by atoms with E-state index in [1.54, 1.807) is 0 Å². The second-order valence-corrected chi connectivity index (χ2v) is 5.85. The molecule has 0 spiro atoms. The Morgan fingerprint density at radius 3 is 2.32 bits per heavy atom. The number of carbonyl (C=O) groups is 1. The maximum absolute atomic E-state index is 12.6. The van der Waals surface area contributed by atoms with Crippen LogP contribution in [-0.4, -0.2) is 12.0 Å². The van der Waals surface area contributed by atoms with Crippen molar-refractivity contribution in [2.45, 2.75) is 39.5 Å². The molecule has 0 aliphatic heterocycles. The van der Waals surface area contributed by atoms with Crippen LogP contribution in [0.1, 0.15) is 30.0 Å². The van der Waals surface area contributed by atoms with E-state index in [4.69, 9.17) is 4.74 Å². The van der Waals surface area contributed by atoms with Crippen LogP contribution >= 0.6 is 0 Å². The van der Waals surface area contributed by atoms with Gasteiger partial charge in [-0.25, -0.2) is 0 Å². The molecule has 1 unspecified atom stereocenters. The Morgan fingerprint density at radius 1 is 1.12 bits per heavy atom. The molecule has 1 atom stereocenters. The summed E-state index contributed by atoms with van der Waals surface area (Å²) in [4.78, 5) is 12.4. The Morgan fingerprint density at radius 2 is 1.76 bits per heavy atom. The summed E-state index contributed by atoms with van der Waals surface area (Å²) in [5.41, 5.74) is 1.45. The largest absolute Gasteiger partial charge is 0.480 e. The average molecular weight is 351 g/mol. The molecule has 6 heteroatoms. The van der Waals surface area contributed by atoms with Crippen molar-refractivity contribution < 1.29 is 22.7 Å². The van der Waals surface area contributed by atoms with E-state index >= 15 is 0 Å². The second kappa shape index (κ2) is 7.59. The predicted molar refractivity (Wildman–Crippen MR) is 90.7 cm³/mol. The van der Waals surface area contributed by atoms with Gasteiger partial charge in [0.05, 0.1) is 5.56 Å². The van der Waals surface area contributed by atoms with Crippen LogP contribution in [0.2, 0.25) is 0 Å². The number of hydrogen-bond donors (Lipinski definition) is 1. The topological polar surface area (TPSA) is 38.3 Å². The fraction of sp³-hybridized carbons (Fsp3) is 0.316. The minimum atomic E-state index is -4.40. The SMILES string of the molecule is CCC(Oc1cc(C)ccc1C)C(=O)Nc1ccc(C(F)(F)F)cc1. The molecule has 134 valence electrons. The average Bonchev–Trinajstić information content (AvgIpc) is 2.55. The van der Waals surface area contributed by atoms with Crippen molar-refractivity contribution in [3.63, 3.8) is 0 Å². The van der Waals surface area contributed by atoms with Gasteiger partial charge in [0.1, 0.15) is 5.75 Å². The van der Waals surface area contributed by atoms with Gasteiger partial charge in [-0.1, -0.05) is 19.1 Å². The molecule has 0 aliphatic carbocycles. The molecule has 0 bridgehead atoms. The van der Waals surface area contributed by atoms with Gasteiger partial charge in [-0.3, -0.25) is 4.79 Å². The first-order valence-electron chi connectivity index (χ1n) is 7.92. The predicted octanol–water partition coefficient (Wildman–Crippen LogP) is 5.12. The number of carbonyl (C=O) groups excluding carboxylic acids is 1. The van der Waals surface area contributed by atoms with Crippen molar-refractivity contribution in [2.75, 3.05) is 5.32 Å². The minimum absolute atomic E-state index is 0.293. The molecule has 0 aliphatic rings. The summed E-state index contributed by atoms with van der Waals surface area (Å²) >= 11 is 0. The summed E-state index contributed by atoms with van der Waals surface area (Å²) in [6.07, 6.45) is -4.71. The third-order valence-electron chi connectivity index (χ3n) is 3.76. The molecule has 0 heterocycles. The number of anilines is 1. The number of hydrogen-bond acceptors (Lipinski definition) is 2. The van der Waals surface area contributed by atoms with E-state index in [0.717, 1.165) is 23.3 Å². The van der Waals surface area contributed by atoms with E-state index in [-0.39, 0.29) is 0 Å². The lowest BCUT2D eigenvalue weighted by atomic mass is 10.1. The van der Waals surface area contributed by atoms with Crippen molar-refractivity contribution in [3.05, 3.63) is 59.2 Å². The first-order chi connectivity index (χ1) is 11.7. The van der Waals surface area contributed by atoms with Crippen LogP contribution in [0.3, 0.4) is 0 Å². The zero-order valence-corrected chi connectivity index (χ0v) is 14.3. The maximum Gasteiger partial charge on any atom is 0.416 e. The number of halogens is 3. The molecule has 1 amide bonds. The maximum atomic E-state index is 12.6. The van der Waals surface area contributed by atoms with Crippen molar-refractivity contribution in [1.29, 1.82) is 0 Å². The summed E-state index contributed by atoms with van der Waals surface area (Å²) in [6.45, 7) is 5.62. The standard InChI is InChI=1S/C19H20F3NO2/c1-4-16(25-17-11-12(2)5-6-13(17)3)18(24)23-15-9-7-14(8-10-15)19(20,21)22/h5-11,16H,4H2,1-3H3,(H,23,24). The Hall–Kier alpha value is -2.50. The van der Waals surface area contributed by atoms with Gasteiger partial charge in [-0.05, 0) is 61.7 Å². The van der Waals surface area contributed by atoms with Crippen LogP contribution < -0.4 is 10.1 Å². The van der Waals surface area contributed by atoms with E-state index < -0.39 is 23.8 Å². The quantitative estimate of drug-likeness (QED) is 0.812. The highest BCUT2D eigenvalue weighted by atomic mass is 19.4. The number of aryl methyl sites for hydroxylation is 2. The lowest BCUT2D eigenvalue weighted by molar-refractivity contribution is -0.137. The van der Waals surface area contributed by atoms with Crippen molar-refractivity contribution in [1.82, 2.24) is 0 Å². The third kappa shape index (κ3) is 4.98. The van der Waals surface area contributed by atoms with Crippen molar-refractivity contribution in [3.8, 4) is 5.75 Å². The zero-order chi connectivity index (χ0) is 18.6. The van der Waals surface area contributed by atoms with Gasteiger partial charge in [0, 0.05) is 5.69 Å². The Balaban J connectivity index is 2.08. The molecule has 2 rings (SSSR count). The van der Waals surface area contributed by atoms with Gasteiger partial charge in [0.25, 0.3) is 5.91 Å². The summed E-state index contributed by atoms with van der Waals surface area (Å²) in [6, 6.07) is 10.0. The summed E-state index contributed by atoms with van der Waals surface area (Å²) in [5.74, 6) is 0.220. The van der Waals surface area contributed by atoms with Gasteiger partial charge in [0.15, 0.2) is 6.10 Å². The highest BCUT2D eigenvalue weighted by Crippen LogP contribution is 2.30. The number of rotatable bonds is 5. The van der Waals surface area contributed by atoms with Gasteiger partial charge in [-0.15, -0.1) is 0 Å². The van der Waals surface area contributed by atoms with Crippen LogP contribution in [0.15, 0.2) is 42.5 Å². The first kappa shape index (κ1) is 18.8. The molecular weight excluding hydrogens is 331 g/mol. The van der Waals surface area contributed by atoms with E-state index in [9.17, 15) is 18.0 Å². The normalized spacial score (nSPS) is 12.6. The number of nitrogens with one attached hydrogen (secondary N) is 1. The molecule has 0 saturated carbocycles.